The van der Waals surface area contributed by atoms with Gasteiger partial charge in [-0.05, 0) is 31.9 Å². The fourth-order valence-corrected chi connectivity index (χ4v) is 2.16. The minimum atomic E-state index is 0.119. The van der Waals surface area contributed by atoms with Gasteiger partial charge in [0.15, 0.2) is 0 Å². The van der Waals surface area contributed by atoms with Gasteiger partial charge in [-0.3, -0.25) is 4.79 Å². The molecule has 2 heterocycles. The number of fused-ring (bicyclic) bond motifs is 1. The molecule has 0 fully saturated rings. The van der Waals surface area contributed by atoms with E-state index in [0.717, 1.165) is 41.9 Å². The molecule has 18 heavy (non-hydrogen) atoms. The fraction of sp³-hybridized carbons (Fsp3) is 0.538. The number of carbonyl (C=O) groups excluding carboxylic acids is 1. The van der Waals surface area contributed by atoms with Crippen LogP contribution in [0.3, 0.4) is 0 Å². The summed E-state index contributed by atoms with van der Waals surface area (Å²) in [6.07, 6.45) is 0. The van der Waals surface area contributed by atoms with Crippen molar-refractivity contribution in [1.82, 2.24) is 9.88 Å². The van der Waals surface area contributed by atoms with E-state index in [1.54, 1.807) is 0 Å². The number of carbonyl (C=O) groups is 1. The van der Waals surface area contributed by atoms with Crippen molar-refractivity contribution in [3.8, 4) is 0 Å². The molecule has 0 bridgehead atoms. The number of pyridine rings is 1. The van der Waals surface area contributed by atoms with Crippen LogP contribution in [0.15, 0.2) is 0 Å². The summed E-state index contributed by atoms with van der Waals surface area (Å²) in [6, 6.07) is 0. The Morgan fingerprint density at radius 2 is 1.94 bits per heavy atom. The van der Waals surface area contributed by atoms with Gasteiger partial charge >= 0.3 is 0 Å². The molecule has 0 aliphatic carbocycles. The molecule has 0 unspecified atom stereocenters. The van der Waals surface area contributed by atoms with Crippen LogP contribution in [0.1, 0.15) is 34.1 Å². The van der Waals surface area contributed by atoms with Crippen LogP contribution >= 0.6 is 0 Å². The predicted molar refractivity (Wildman–Crippen MR) is 71.8 cm³/mol. The molecule has 1 aromatic heterocycles. The van der Waals surface area contributed by atoms with E-state index in [1.165, 1.54) is 0 Å². The molecule has 1 aliphatic rings. The normalized spacial score (nSPS) is 13.0. The summed E-state index contributed by atoms with van der Waals surface area (Å²) >= 11 is 0. The van der Waals surface area contributed by atoms with E-state index in [4.69, 9.17) is 5.11 Å². The van der Waals surface area contributed by atoms with E-state index in [1.807, 2.05) is 32.7 Å². The summed E-state index contributed by atoms with van der Waals surface area (Å²) < 4.78 is 0. The summed E-state index contributed by atoms with van der Waals surface area (Å²) in [5.41, 5.74) is 3.82. The highest BCUT2D eigenvalue weighted by atomic mass is 16.2. The number of amides is 1. The van der Waals surface area contributed by atoms with Crippen molar-refractivity contribution in [2.24, 2.45) is 0 Å². The van der Waals surface area contributed by atoms with E-state index in [9.17, 15) is 4.79 Å². The Labute approximate surface area is 108 Å². The Balaban J connectivity index is 0.000000771. The highest BCUT2D eigenvalue weighted by Crippen LogP contribution is 2.29. The zero-order valence-corrected chi connectivity index (χ0v) is 11.7. The lowest BCUT2D eigenvalue weighted by molar-refractivity contribution is 0.0786. The molecule has 100 valence electrons. The van der Waals surface area contributed by atoms with Crippen LogP contribution in [0, 0.1) is 13.8 Å². The maximum absolute atomic E-state index is 12.1. The van der Waals surface area contributed by atoms with Crippen molar-refractivity contribution in [2.75, 3.05) is 26.0 Å². The molecular formula is C13H21N3O2. The molecule has 2 rings (SSSR count). The summed E-state index contributed by atoms with van der Waals surface area (Å²) in [6.45, 7) is 7.36. The van der Waals surface area contributed by atoms with Crippen molar-refractivity contribution in [3.63, 3.8) is 0 Å². The first-order valence-electron chi connectivity index (χ1n) is 6.02. The lowest BCUT2D eigenvalue weighted by atomic mass is 10.0. The van der Waals surface area contributed by atoms with Gasteiger partial charge < -0.3 is 15.3 Å². The van der Waals surface area contributed by atoms with Crippen LogP contribution in [0.5, 0.6) is 0 Å². The second-order valence-electron chi connectivity index (χ2n) is 4.10. The molecule has 0 aromatic carbocycles. The number of aromatic nitrogens is 1. The molecule has 5 nitrogen and oxygen atoms in total. The number of aliphatic hydroxyl groups is 1. The molecule has 2 N–H and O–H groups in total. The minimum absolute atomic E-state index is 0.119. The van der Waals surface area contributed by atoms with E-state index in [0.29, 0.717) is 6.54 Å². The second-order valence-corrected chi connectivity index (χ2v) is 4.10. The van der Waals surface area contributed by atoms with Crippen molar-refractivity contribution in [3.05, 3.63) is 22.4 Å². The van der Waals surface area contributed by atoms with Crippen LogP contribution in [0.25, 0.3) is 0 Å². The zero-order valence-electron chi connectivity index (χ0n) is 11.7. The molecule has 1 amide bonds. The molecule has 0 radical (unpaired) electrons. The van der Waals surface area contributed by atoms with E-state index < -0.39 is 0 Å². The highest BCUT2D eigenvalue weighted by molar-refractivity contribution is 5.99. The standard InChI is InChI=1S/C12H17N3O.CH4O/c1-5-15-6-9-10(12(15)16)7(2)8(3)11(13-4)14-9;1-2/h5-6H2,1-4H3,(H,13,14);2H,1H3. The first kappa shape index (κ1) is 14.4. The van der Waals surface area contributed by atoms with Crippen molar-refractivity contribution < 1.29 is 9.90 Å². The van der Waals surface area contributed by atoms with Gasteiger partial charge in [0.2, 0.25) is 0 Å². The Morgan fingerprint density at radius 1 is 1.33 bits per heavy atom. The average molecular weight is 251 g/mol. The first-order chi connectivity index (χ1) is 8.60. The third-order valence-corrected chi connectivity index (χ3v) is 3.29. The lowest BCUT2D eigenvalue weighted by Gasteiger charge is -2.11. The van der Waals surface area contributed by atoms with Crippen molar-refractivity contribution >= 4 is 11.7 Å². The van der Waals surface area contributed by atoms with E-state index in [2.05, 4.69) is 10.3 Å². The molecule has 0 saturated heterocycles. The van der Waals surface area contributed by atoms with Gasteiger partial charge in [-0.1, -0.05) is 0 Å². The minimum Gasteiger partial charge on any atom is -0.400 e. The average Bonchev–Trinajstić information content (AvgIpc) is 2.72. The molecule has 1 aliphatic heterocycles. The van der Waals surface area contributed by atoms with Gasteiger partial charge in [-0.2, -0.15) is 0 Å². The van der Waals surface area contributed by atoms with E-state index >= 15 is 0 Å². The molecule has 0 spiro atoms. The third-order valence-electron chi connectivity index (χ3n) is 3.29. The van der Waals surface area contributed by atoms with Gasteiger partial charge in [0.1, 0.15) is 5.82 Å². The SMILES string of the molecule is CCN1Cc2nc(NC)c(C)c(C)c2C1=O.CO. The maximum atomic E-state index is 12.1. The molecule has 5 heteroatoms. The number of rotatable bonds is 2. The largest absolute Gasteiger partial charge is 0.400 e. The number of hydrogen-bond donors (Lipinski definition) is 2. The molecule has 1 aromatic rings. The number of nitrogens with zero attached hydrogens (tertiary/aromatic N) is 2. The Bertz CT molecular complexity index is 458. The monoisotopic (exact) mass is 251 g/mol. The predicted octanol–water partition coefficient (Wildman–Crippen LogP) is 1.32. The lowest BCUT2D eigenvalue weighted by Crippen LogP contribution is -2.23. The zero-order chi connectivity index (χ0) is 13.9. The van der Waals surface area contributed by atoms with Crippen molar-refractivity contribution in [2.45, 2.75) is 27.3 Å². The summed E-state index contributed by atoms with van der Waals surface area (Å²) in [7, 11) is 2.86. The van der Waals surface area contributed by atoms with Crippen LogP contribution < -0.4 is 5.32 Å². The van der Waals surface area contributed by atoms with Crippen LogP contribution in [0.2, 0.25) is 0 Å². The van der Waals surface area contributed by atoms with E-state index in [-0.39, 0.29) is 5.91 Å². The maximum Gasteiger partial charge on any atom is 0.256 e. The van der Waals surface area contributed by atoms with Crippen LogP contribution in [-0.4, -0.2) is 41.6 Å². The topological polar surface area (TPSA) is 65.5 Å². The quantitative estimate of drug-likeness (QED) is 0.832. The van der Waals surface area contributed by atoms with Crippen LogP contribution in [-0.2, 0) is 6.54 Å². The van der Waals surface area contributed by atoms with Crippen LogP contribution in [0.4, 0.5) is 5.82 Å². The van der Waals surface area contributed by atoms with Gasteiger partial charge in [0.25, 0.3) is 5.91 Å². The van der Waals surface area contributed by atoms with Crippen molar-refractivity contribution in [1.29, 1.82) is 0 Å². The fourth-order valence-electron chi connectivity index (χ4n) is 2.16. The summed E-state index contributed by atoms with van der Waals surface area (Å²) in [5.74, 6) is 0.996. The van der Waals surface area contributed by atoms with Gasteiger partial charge in [0, 0.05) is 20.7 Å². The highest BCUT2D eigenvalue weighted by Gasteiger charge is 2.30. The number of anilines is 1. The second kappa shape index (κ2) is 5.82. The Hall–Kier alpha value is -1.62. The summed E-state index contributed by atoms with van der Waals surface area (Å²) in [5, 5.41) is 10.1. The third kappa shape index (κ3) is 2.18. The van der Waals surface area contributed by atoms with Gasteiger partial charge in [0.05, 0.1) is 17.8 Å². The molecule has 0 atom stereocenters. The van der Waals surface area contributed by atoms with Gasteiger partial charge in [-0.15, -0.1) is 0 Å². The number of nitrogens with one attached hydrogen (secondary N) is 1. The smallest absolute Gasteiger partial charge is 0.256 e. The van der Waals surface area contributed by atoms with Gasteiger partial charge in [-0.25, -0.2) is 4.98 Å². The first-order valence-corrected chi connectivity index (χ1v) is 6.02. The molecular weight excluding hydrogens is 230 g/mol. The molecule has 0 saturated carbocycles. The Kier molecular flexibility index (Phi) is 4.67. The Morgan fingerprint density at radius 3 is 2.44 bits per heavy atom. The number of aliphatic hydroxyl groups excluding tert-OH is 1. The number of hydrogen-bond acceptors (Lipinski definition) is 4. The summed E-state index contributed by atoms with van der Waals surface area (Å²) in [4.78, 5) is 18.4.